The molecule has 170 valence electrons. The van der Waals surface area contributed by atoms with Gasteiger partial charge in [-0.1, -0.05) is 11.8 Å². The fourth-order valence-corrected chi connectivity index (χ4v) is 5.30. The molecule has 10 heteroatoms. The van der Waals surface area contributed by atoms with Gasteiger partial charge in [0.25, 0.3) is 0 Å². The molecule has 4 heterocycles. The van der Waals surface area contributed by atoms with Crippen molar-refractivity contribution in [2.45, 2.75) is 54.6 Å². The van der Waals surface area contributed by atoms with Crippen LogP contribution in [0.15, 0.2) is 59.1 Å². The Bertz CT molecular complexity index is 1290. The van der Waals surface area contributed by atoms with Crippen LogP contribution >= 0.6 is 11.8 Å². The lowest BCUT2D eigenvalue weighted by Crippen LogP contribution is -2.36. The van der Waals surface area contributed by atoms with Gasteiger partial charge in [0.2, 0.25) is 5.91 Å². The molecular weight excluding hydrogens is 441 g/mol. The maximum atomic E-state index is 13.3. The minimum Gasteiger partial charge on any atom is -0.396 e. The monoisotopic (exact) mass is 465 g/mol. The normalized spacial score (nSPS) is 18.5. The number of nitrogens with zero attached hydrogens (tertiary/aromatic N) is 5. The molecule has 0 bridgehead atoms. The van der Waals surface area contributed by atoms with Crippen molar-refractivity contribution in [2.24, 2.45) is 0 Å². The summed E-state index contributed by atoms with van der Waals surface area (Å²) in [4.78, 5) is 16.4. The van der Waals surface area contributed by atoms with Crippen LogP contribution < -0.4 is 11.1 Å². The van der Waals surface area contributed by atoms with Crippen molar-refractivity contribution >= 4 is 28.9 Å². The van der Waals surface area contributed by atoms with Gasteiger partial charge in [0.15, 0.2) is 0 Å². The van der Waals surface area contributed by atoms with Gasteiger partial charge in [-0.2, -0.15) is 10.2 Å². The second-order valence-electron chi connectivity index (χ2n) is 8.32. The molecule has 0 radical (unpaired) electrons. The molecule has 1 aliphatic rings. The van der Waals surface area contributed by atoms with Gasteiger partial charge in [-0.25, -0.2) is 13.9 Å². The number of carbonyl (C=O) groups excluding carboxylic acids is 1. The summed E-state index contributed by atoms with van der Waals surface area (Å²) in [5.41, 5.74) is 9.45. The molecule has 0 saturated heterocycles. The van der Waals surface area contributed by atoms with Crippen LogP contribution in [0, 0.1) is 5.82 Å². The second-order valence-corrected chi connectivity index (χ2v) is 9.38. The first kappa shape index (κ1) is 21.4. The van der Waals surface area contributed by atoms with Crippen molar-refractivity contribution < 1.29 is 9.18 Å². The third-order valence-electron chi connectivity index (χ3n) is 5.93. The summed E-state index contributed by atoms with van der Waals surface area (Å²) >= 11 is 1.41. The highest BCUT2D eigenvalue weighted by atomic mass is 32.2. The van der Waals surface area contributed by atoms with Crippen LogP contribution in [-0.4, -0.2) is 36.3 Å². The van der Waals surface area contributed by atoms with Gasteiger partial charge in [-0.05, 0) is 43.9 Å². The van der Waals surface area contributed by atoms with Crippen LogP contribution in [-0.2, 0) is 4.79 Å². The molecule has 5 rings (SSSR count). The summed E-state index contributed by atoms with van der Waals surface area (Å²) in [7, 11) is 0. The molecule has 0 aromatic carbocycles. The first-order valence-corrected chi connectivity index (χ1v) is 11.7. The Morgan fingerprint density at radius 2 is 1.94 bits per heavy atom. The van der Waals surface area contributed by atoms with E-state index in [1.165, 1.54) is 24.0 Å². The highest BCUT2D eigenvalue weighted by molar-refractivity contribution is 7.99. The number of nitrogens with two attached hydrogens (primary N) is 1. The summed E-state index contributed by atoms with van der Waals surface area (Å²) in [5.74, 6) is -0.348. The van der Waals surface area contributed by atoms with E-state index in [9.17, 15) is 9.18 Å². The Hall–Kier alpha value is -3.40. The number of fused-ring (bicyclic) bond motifs is 1. The first-order chi connectivity index (χ1) is 16.0. The van der Waals surface area contributed by atoms with Crippen LogP contribution in [0.3, 0.4) is 0 Å². The third-order valence-corrected chi connectivity index (χ3v) is 6.91. The molecule has 3 N–H and O–H groups in total. The van der Waals surface area contributed by atoms with E-state index in [0.29, 0.717) is 16.8 Å². The zero-order valence-corrected chi connectivity index (χ0v) is 18.9. The maximum Gasteiger partial charge on any atom is 0.217 e. The molecular formula is C23H24FN7OS. The van der Waals surface area contributed by atoms with Crippen LogP contribution in [0.4, 0.5) is 10.1 Å². The van der Waals surface area contributed by atoms with Crippen LogP contribution in [0.2, 0.25) is 0 Å². The van der Waals surface area contributed by atoms with E-state index >= 15 is 0 Å². The molecule has 0 unspecified atom stereocenters. The van der Waals surface area contributed by atoms with E-state index in [2.05, 4.69) is 26.7 Å². The molecule has 8 nitrogen and oxygen atoms in total. The van der Waals surface area contributed by atoms with Gasteiger partial charge in [-0.15, -0.1) is 0 Å². The number of pyridine rings is 2. The van der Waals surface area contributed by atoms with Gasteiger partial charge in [-0.3, -0.25) is 9.48 Å². The summed E-state index contributed by atoms with van der Waals surface area (Å²) in [6.45, 7) is 1.56. The molecule has 33 heavy (non-hydrogen) atoms. The Morgan fingerprint density at radius 3 is 2.67 bits per heavy atom. The van der Waals surface area contributed by atoms with Gasteiger partial charge in [0.1, 0.15) is 16.4 Å². The molecule has 1 aliphatic carbocycles. The molecule has 1 fully saturated rings. The molecule has 1 saturated carbocycles. The molecule has 4 aromatic heterocycles. The highest BCUT2D eigenvalue weighted by Gasteiger charge is 2.23. The molecule has 1 amide bonds. The average Bonchev–Trinajstić information content (AvgIpc) is 3.43. The van der Waals surface area contributed by atoms with E-state index in [-0.39, 0.29) is 17.8 Å². The minimum absolute atomic E-state index is 0.0268. The first-order valence-electron chi connectivity index (χ1n) is 10.8. The lowest BCUT2D eigenvalue weighted by atomic mass is 9.91. The van der Waals surface area contributed by atoms with E-state index in [1.807, 2.05) is 23.1 Å². The Kier molecular flexibility index (Phi) is 5.76. The standard InChI is InChI=1S/C23H24FN7OS/c1-14(32)29-18-3-5-19(6-4-18)30-13-16(9-27-30)15-8-21(23-20(25)11-28-31(23)12-15)33-22-7-2-17(24)10-26-22/h2,7-13,18-19H,3-6,25H2,1H3,(H,29,32)/t18-,19+. The van der Waals surface area contributed by atoms with E-state index in [0.717, 1.165) is 47.2 Å². The summed E-state index contributed by atoms with van der Waals surface area (Å²) in [6, 6.07) is 5.63. The number of carbonyl (C=O) groups is 1. The zero-order chi connectivity index (χ0) is 22.9. The van der Waals surface area contributed by atoms with E-state index < -0.39 is 0 Å². The van der Waals surface area contributed by atoms with Crippen molar-refractivity contribution in [1.82, 2.24) is 29.7 Å². The number of aromatic nitrogens is 5. The van der Waals surface area contributed by atoms with Crippen molar-refractivity contribution in [1.29, 1.82) is 0 Å². The number of rotatable bonds is 5. The number of hydrogen-bond donors (Lipinski definition) is 2. The van der Waals surface area contributed by atoms with Crippen molar-refractivity contribution in [3.05, 3.63) is 55.0 Å². The second kappa shape index (κ2) is 8.86. The molecule has 0 aliphatic heterocycles. The summed E-state index contributed by atoms with van der Waals surface area (Å²) < 4.78 is 17.1. The van der Waals surface area contributed by atoms with Gasteiger partial charge < -0.3 is 11.1 Å². The SMILES string of the molecule is CC(=O)N[C@H]1CC[C@@H](n2cc(-c3cc(Sc4ccc(F)cn4)c4c(N)cnn4c3)cn2)CC1. The average molecular weight is 466 g/mol. The van der Waals surface area contributed by atoms with Gasteiger partial charge >= 0.3 is 0 Å². The Balaban J connectivity index is 1.41. The fourth-order valence-electron chi connectivity index (χ4n) is 4.34. The topological polar surface area (TPSA) is 103 Å². The van der Waals surface area contributed by atoms with Gasteiger partial charge in [0.05, 0.1) is 30.3 Å². The van der Waals surface area contributed by atoms with Crippen molar-refractivity contribution in [3.8, 4) is 11.1 Å². The number of hydrogen-bond acceptors (Lipinski definition) is 6. The smallest absolute Gasteiger partial charge is 0.217 e. The number of amides is 1. The largest absolute Gasteiger partial charge is 0.396 e. The van der Waals surface area contributed by atoms with E-state index in [1.54, 1.807) is 23.7 Å². The predicted octanol–water partition coefficient (Wildman–Crippen LogP) is 4.09. The zero-order valence-electron chi connectivity index (χ0n) is 18.1. The van der Waals surface area contributed by atoms with Crippen LogP contribution in [0.25, 0.3) is 16.6 Å². The van der Waals surface area contributed by atoms with Crippen LogP contribution in [0.5, 0.6) is 0 Å². The minimum atomic E-state index is -0.374. The summed E-state index contributed by atoms with van der Waals surface area (Å²) in [5, 5.41) is 12.7. The van der Waals surface area contributed by atoms with E-state index in [4.69, 9.17) is 5.73 Å². The number of nitrogen functional groups attached to an aromatic ring is 1. The number of nitrogens with one attached hydrogen (secondary N) is 1. The lowest BCUT2D eigenvalue weighted by molar-refractivity contribution is -0.119. The Morgan fingerprint density at radius 1 is 1.12 bits per heavy atom. The number of halogens is 1. The molecule has 4 aromatic rings. The highest BCUT2D eigenvalue weighted by Crippen LogP contribution is 2.36. The van der Waals surface area contributed by atoms with Crippen LogP contribution in [0.1, 0.15) is 38.6 Å². The number of anilines is 1. The van der Waals surface area contributed by atoms with Gasteiger partial charge in [0, 0.05) is 41.4 Å². The lowest BCUT2D eigenvalue weighted by Gasteiger charge is -2.28. The fraction of sp³-hybridized carbons (Fsp3) is 0.304. The third kappa shape index (κ3) is 4.56. The molecule has 0 atom stereocenters. The quantitative estimate of drug-likeness (QED) is 0.460. The van der Waals surface area contributed by atoms with Crippen molar-refractivity contribution in [3.63, 3.8) is 0 Å². The Labute approximate surface area is 194 Å². The van der Waals surface area contributed by atoms with Crippen molar-refractivity contribution in [2.75, 3.05) is 5.73 Å². The molecule has 0 spiro atoms. The summed E-state index contributed by atoms with van der Waals surface area (Å²) in [6.07, 6.45) is 12.5. The predicted molar refractivity (Wildman–Crippen MR) is 124 cm³/mol. The maximum absolute atomic E-state index is 13.3.